The molecule has 0 spiro atoms. The van der Waals surface area contributed by atoms with E-state index in [1.165, 1.54) is 58.0 Å². The van der Waals surface area contributed by atoms with Crippen LogP contribution in [0.5, 0.6) is 0 Å². The molecule has 0 bridgehead atoms. The van der Waals surface area contributed by atoms with Gasteiger partial charge in [0.2, 0.25) is 0 Å². The van der Waals surface area contributed by atoms with Crippen molar-refractivity contribution in [3.63, 3.8) is 0 Å². The summed E-state index contributed by atoms with van der Waals surface area (Å²) in [7, 11) is 0. The minimum Gasteiger partial charge on any atom is -0.381 e. The number of nitrogens with one attached hydrogen (secondary N) is 1. The van der Waals surface area contributed by atoms with Crippen LogP contribution in [0.3, 0.4) is 0 Å². The highest BCUT2D eigenvalue weighted by atomic mass is 16.5. The van der Waals surface area contributed by atoms with E-state index in [9.17, 15) is 0 Å². The van der Waals surface area contributed by atoms with Crippen LogP contribution in [-0.2, 0) is 4.74 Å². The van der Waals surface area contributed by atoms with Gasteiger partial charge in [0, 0.05) is 13.2 Å². The van der Waals surface area contributed by atoms with Crippen molar-refractivity contribution >= 4 is 0 Å². The highest BCUT2D eigenvalue weighted by Gasteiger charge is 2.15. The van der Waals surface area contributed by atoms with Crippen LogP contribution in [0.1, 0.15) is 44.9 Å². The SMILES string of the molecule is [CH](CCCC1CCOCC1)C1CCNCC1. The zero-order chi connectivity index (χ0) is 11.1. The lowest BCUT2D eigenvalue weighted by molar-refractivity contribution is 0.0632. The van der Waals surface area contributed by atoms with Crippen molar-refractivity contribution in [1.29, 1.82) is 0 Å². The fourth-order valence-electron chi connectivity index (χ4n) is 2.88. The molecule has 2 aliphatic rings. The average molecular weight is 224 g/mol. The maximum absolute atomic E-state index is 5.39. The topological polar surface area (TPSA) is 21.3 Å². The van der Waals surface area contributed by atoms with E-state index in [1.54, 1.807) is 0 Å². The molecule has 0 aromatic heterocycles. The fraction of sp³-hybridized carbons (Fsp3) is 0.929. The zero-order valence-electron chi connectivity index (χ0n) is 10.4. The molecule has 0 aromatic rings. The van der Waals surface area contributed by atoms with E-state index in [4.69, 9.17) is 4.74 Å². The normalized spacial score (nSPS) is 24.8. The van der Waals surface area contributed by atoms with Crippen molar-refractivity contribution in [2.75, 3.05) is 26.3 Å². The third kappa shape index (κ3) is 4.42. The van der Waals surface area contributed by atoms with Crippen molar-refractivity contribution < 1.29 is 4.74 Å². The van der Waals surface area contributed by atoms with E-state index in [2.05, 4.69) is 11.7 Å². The summed E-state index contributed by atoms with van der Waals surface area (Å²) in [6, 6.07) is 0. The van der Waals surface area contributed by atoms with Crippen molar-refractivity contribution in [1.82, 2.24) is 5.32 Å². The molecule has 2 heterocycles. The molecule has 2 saturated heterocycles. The Kier molecular flexibility index (Phi) is 5.64. The van der Waals surface area contributed by atoms with Crippen LogP contribution in [-0.4, -0.2) is 26.3 Å². The van der Waals surface area contributed by atoms with E-state index in [0.29, 0.717) is 0 Å². The van der Waals surface area contributed by atoms with Gasteiger partial charge >= 0.3 is 0 Å². The number of rotatable bonds is 5. The van der Waals surface area contributed by atoms with Crippen LogP contribution in [0.2, 0.25) is 0 Å². The Balaban J connectivity index is 1.47. The lowest BCUT2D eigenvalue weighted by Gasteiger charge is -2.24. The Labute approximate surface area is 100 Å². The second-order valence-electron chi connectivity index (χ2n) is 5.31. The van der Waals surface area contributed by atoms with Crippen molar-refractivity contribution in [2.24, 2.45) is 11.8 Å². The first-order valence-corrected chi connectivity index (χ1v) is 7.07. The Morgan fingerprint density at radius 1 is 1.06 bits per heavy atom. The molecule has 2 heteroatoms. The highest BCUT2D eigenvalue weighted by Crippen LogP contribution is 2.23. The van der Waals surface area contributed by atoms with Crippen LogP contribution in [0.4, 0.5) is 0 Å². The predicted octanol–water partition coefficient (Wildman–Crippen LogP) is 2.79. The first-order chi connectivity index (χ1) is 7.95. The quantitative estimate of drug-likeness (QED) is 0.725. The molecule has 0 aliphatic carbocycles. The van der Waals surface area contributed by atoms with Gasteiger partial charge in [-0.05, 0) is 63.5 Å². The summed E-state index contributed by atoms with van der Waals surface area (Å²) in [5.41, 5.74) is 0. The predicted molar refractivity (Wildman–Crippen MR) is 67.3 cm³/mol. The summed E-state index contributed by atoms with van der Waals surface area (Å²) in [6.45, 7) is 4.45. The smallest absolute Gasteiger partial charge is 0.0468 e. The highest BCUT2D eigenvalue weighted by molar-refractivity contribution is 4.81. The van der Waals surface area contributed by atoms with Gasteiger partial charge < -0.3 is 10.1 Å². The van der Waals surface area contributed by atoms with Crippen LogP contribution >= 0.6 is 0 Å². The van der Waals surface area contributed by atoms with Gasteiger partial charge in [-0.15, -0.1) is 0 Å². The van der Waals surface area contributed by atoms with Gasteiger partial charge in [-0.1, -0.05) is 12.8 Å². The number of hydrogen-bond acceptors (Lipinski definition) is 2. The van der Waals surface area contributed by atoms with Gasteiger partial charge in [-0.3, -0.25) is 0 Å². The molecule has 2 rings (SSSR count). The van der Waals surface area contributed by atoms with Gasteiger partial charge in [0.15, 0.2) is 0 Å². The molecule has 0 saturated carbocycles. The molecule has 0 unspecified atom stereocenters. The molecule has 0 amide bonds. The second-order valence-corrected chi connectivity index (χ2v) is 5.31. The van der Waals surface area contributed by atoms with Gasteiger partial charge in [0.25, 0.3) is 0 Å². The lowest BCUT2D eigenvalue weighted by atomic mass is 9.89. The van der Waals surface area contributed by atoms with Crippen molar-refractivity contribution in [2.45, 2.75) is 44.9 Å². The minimum absolute atomic E-state index is 0.899. The number of ether oxygens (including phenoxy) is 1. The largest absolute Gasteiger partial charge is 0.381 e. The van der Waals surface area contributed by atoms with Crippen LogP contribution in [0.25, 0.3) is 0 Å². The van der Waals surface area contributed by atoms with E-state index < -0.39 is 0 Å². The molecule has 16 heavy (non-hydrogen) atoms. The summed E-state index contributed by atoms with van der Waals surface area (Å²) in [6.07, 6.45) is 12.1. The van der Waals surface area contributed by atoms with E-state index >= 15 is 0 Å². The zero-order valence-corrected chi connectivity index (χ0v) is 10.4. The maximum atomic E-state index is 5.39. The molecule has 2 nitrogen and oxygen atoms in total. The molecule has 0 aromatic carbocycles. The third-order valence-electron chi connectivity index (χ3n) is 4.04. The number of piperidine rings is 1. The Morgan fingerprint density at radius 3 is 2.56 bits per heavy atom. The van der Waals surface area contributed by atoms with E-state index in [1.807, 2.05) is 0 Å². The second kappa shape index (κ2) is 7.29. The molecule has 93 valence electrons. The van der Waals surface area contributed by atoms with Crippen molar-refractivity contribution in [3.8, 4) is 0 Å². The maximum Gasteiger partial charge on any atom is 0.0468 e. The van der Waals surface area contributed by atoms with Gasteiger partial charge in [-0.2, -0.15) is 0 Å². The van der Waals surface area contributed by atoms with Crippen LogP contribution in [0.15, 0.2) is 0 Å². The molecular weight excluding hydrogens is 198 g/mol. The van der Waals surface area contributed by atoms with Gasteiger partial charge in [0.05, 0.1) is 0 Å². The summed E-state index contributed by atoms with van der Waals surface area (Å²) in [4.78, 5) is 0. The third-order valence-corrected chi connectivity index (χ3v) is 4.04. The number of unbranched alkanes of at least 4 members (excludes halogenated alkanes) is 1. The summed E-state index contributed by atoms with van der Waals surface area (Å²) in [5, 5.41) is 3.42. The summed E-state index contributed by atoms with van der Waals surface area (Å²) < 4.78 is 5.39. The average Bonchev–Trinajstić information content (AvgIpc) is 2.37. The molecule has 0 atom stereocenters. The fourth-order valence-corrected chi connectivity index (χ4v) is 2.88. The summed E-state index contributed by atoms with van der Waals surface area (Å²) >= 11 is 0. The van der Waals surface area contributed by atoms with Gasteiger partial charge in [0.1, 0.15) is 0 Å². The first-order valence-electron chi connectivity index (χ1n) is 7.07. The molecule has 2 fully saturated rings. The van der Waals surface area contributed by atoms with E-state index in [0.717, 1.165) is 25.0 Å². The molecular formula is C14H26NO. The first kappa shape index (κ1) is 12.4. The number of hydrogen-bond donors (Lipinski definition) is 1. The minimum atomic E-state index is 0.899. The molecule has 1 radical (unpaired) electrons. The molecule has 2 aliphatic heterocycles. The standard InChI is InChI=1S/C14H26NO/c1(3-13-5-9-15-10-6-13)2-4-14-7-11-16-12-8-14/h3,13-15H,1-2,4-12H2. The summed E-state index contributed by atoms with van der Waals surface area (Å²) in [5.74, 6) is 1.85. The van der Waals surface area contributed by atoms with Crippen molar-refractivity contribution in [3.05, 3.63) is 6.42 Å². The van der Waals surface area contributed by atoms with Crippen LogP contribution < -0.4 is 5.32 Å². The lowest BCUT2D eigenvalue weighted by Crippen LogP contribution is -2.27. The van der Waals surface area contributed by atoms with E-state index in [-0.39, 0.29) is 0 Å². The Morgan fingerprint density at radius 2 is 1.81 bits per heavy atom. The van der Waals surface area contributed by atoms with Crippen LogP contribution in [0, 0.1) is 18.3 Å². The molecule has 1 N–H and O–H groups in total. The Bertz CT molecular complexity index is 152. The monoisotopic (exact) mass is 224 g/mol. The van der Waals surface area contributed by atoms with Gasteiger partial charge in [-0.25, -0.2) is 0 Å². The Hall–Kier alpha value is -0.0800.